The van der Waals surface area contributed by atoms with Gasteiger partial charge in [-0.05, 0) is 67.3 Å². The van der Waals surface area contributed by atoms with Crippen LogP contribution in [0.3, 0.4) is 0 Å². The number of carbonyl (C=O) groups is 1. The first kappa shape index (κ1) is 19.0. The maximum atomic E-state index is 12.7. The second-order valence-electron chi connectivity index (χ2n) is 7.33. The number of amides is 1. The fourth-order valence-corrected chi connectivity index (χ4v) is 3.56. The first-order chi connectivity index (χ1) is 14.2. The summed E-state index contributed by atoms with van der Waals surface area (Å²) < 4.78 is 0. The van der Waals surface area contributed by atoms with E-state index in [4.69, 9.17) is 0 Å². The Morgan fingerprint density at radius 1 is 0.931 bits per heavy atom. The van der Waals surface area contributed by atoms with Crippen LogP contribution in [0.2, 0.25) is 0 Å². The Labute approximate surface area is 171 Å². The maximum Gasteiger partial charge on any atom is 0.257 e. The van der Waals surface area contributed by atoms with Crippen molar-refractivity contribution in [3.63, 3.8) is 0 Å². The number of anilines is 4. The zero-order valence-corrected chi connectivity index (χ0v) is 16.7. The third kappa shape index (κ3) is 4.74. The van der Waals surface area contributed by atoms with Crippen LogP contribution < -0.4 is 15.5 Å². The van der Waals surface area contributed by atoms with Gasteiger partial charge in [0.2, 0.25) is 0 Å². The van der Waals surface area contributed by atoms with Gasteiger partial charge in [0.15, 0.2) is 0 Å². The van der Waals surface area contributed by atoms with E-state index in [2.05, 4.69) is 51.7 Å². The van der Waals surface area contributed by atoms with Crippen LogP contribution in [0.1, 0.15) is 35.7 Å². The summed E-state index contributed by atoms with van der Waals surface area (Å²) in [6.07, 6.45) is 6.81. The normalized spacial score (nSPS) is 13.3. The average molecular weight is 386 g/mol. The van der Waals surface area contributed by atoms with Crippen LogP contribution in [0.25, 0.3) is 0 Å². The van der Waals surface area contributed by atoms with E-state index in [1.165, 1.54) is 24.1 Å². The van der Waals surface area contributed by atoms with Gasteiger partial charge in [-0.15, -0.1) is 0 Å². The van der Waals surface area contributed by atoms with Crippen LogP contribution in [0, 0.1) is 0 Å². The van der Waals surface area contributed by atoms with Crippen molar-refractivity contribution >= 4 is 28.7 Å². The molecule has 0 aliphatic carbocycles. The van der Waals surface area contributed by atoms with Gasteiger partial charge < -0.3 is 15.5 Å². The molecule has 0 saturated carbocycles. The molecule has 1 aliphatic heterocycles. The van der Waals surface area contributed by atoms with Crippen molar-refractivity contribution in [2.75, 3.05) is 28.6 Å². The molecule has 29 heavy (non-hydrogen) atoms. The minimum atomic E-state index is -0.170. The lowest BCUT2D eigenvalue weighted by Crippen LogP contribution is -2.17. The van der Waals surface area contributed by atoms with Crippen molar-refractivity contribution in [2.24, 2.45) is 0 Å². The lowest BCUT2D eigenvalue weighted by atomic mass is 10.1. The molecule has 148 valence electrons. The summed E-state index contributed by atoms with van der Waals surface area (Å²) in [5.41, 5.74) is 5.56. The fourth-order valence-electron chi connectivity index (χ4n) is 3.56. The Bertz CT molecular complexity index is 961. The second-order valence-corrected chi connectivity index (χ2v) is 7.33. The van der Waals surface area contributed by atoms with Gasteiger partial charge in [-0.25, -0.2) is 0 Å². The van der Waals surface area contributed by atoms with Crippen molar-refractivity contribution in [3.8, 4) is 0 Å². The maximum absolute atomic E-state index is 12.7. The molecule has 0 bridgehead atoms. The molecule has 2 aromatic carbocycles. The van der Waals surface area contributed by atoms with E-state index in [0.29, 0.717) is 5.56 Å². The number of rotatable bonds is 6. The summed E-state index contributed by atoms with van der Waals surface area (Å²) in [6, 6.07) is 18.1. The van der Waals surface area contributed by atoms with E-state index in [1.807, 2.05) is 30.3 Å². The number of hydrogen-bond acceptors (Lipinski definition) is 4. The van der Waals surface area contributed by atoms with E-state index in [9.17, 15) is 4.79 Å². The van der Waals surface area contributed by atoms with Crippen LogP contribution in [0.4, 0.5) is 22.7 Å². The first-order valence-corrected chi connectivity index (χ1v) is 10.2. The Balaban J connectivity index is 1.41. The van der Waals surface area contributed by atoms with Gasteiger partial charge in [0.25, 0.3) is 5.91 Å². The minimum absolute atomic E-state index is 0.170. The fraction of sp³-hybridized carbons (Fsp3) is 0.250. The Morgan fingerprint density at radius 2 is 1.62 bits per heavy atom. The SMILES string of the molecule is CCc1ccc(Nc2cncc(C(=O)Nc3ccc(N4CCCC4)cc3)c2)cc1. The summed E-state index contributed by atoms with van der Waals surface area (Å²) in [4.78, 5) is 19.2. The Hall–Kier alpha value is -3.34. The summed E-state index contributed by atoms with van der Waals surface area (Å²) >= 11 is 0. The zero-order chi connectivity index (χ0) is 20.1. The summed E-state index contributed by atoms with van der Waals surface area (Å²) in [7, 11) is 0. The number of hydrogen-bond donors (Lipinski definition) is 2. The van der Waals surface area contributed by atoms with Crippen molar-refractivity contribution in [3.05, 3.63) is 78.1 Å². The van der Waals surface area contributed by atoms with Crippen LogP contribution in [-0.2, 0) is 6.42 Å². The van der Waals surface area contributed by atoms with Crippen LogP contribution in [-0.4, -0.2) is 24.0 Å². The van der Waals surface area contributed by atoms with E-state index in [1.54, 1.807) is 12.4 Å². The van der Waals surface area contributed by atoms with Gasteiger partial charge >= 0.3 is 0 Å². The van der Waals surface area contributed by atoms with Gasteiger partial charge in [-0.3, -0.25) is 9.78 Å². The average Bonchev–Trinajstić information content (AvgIpc) is 3.30. The summed E-state index contributed by atoms with van der Waals surface area (Å²) in [5, 5.41) is 6.26. The predicted octanol–water partition coefficient (Wildman–Crippen LogP) is 5.24. The van der Waals surface area contributed by atoms with E-state index >= 15 is 0 Å². The molecule has 5 heteroatoms. The molecule has 1 aromatic heterocycles. The van der Waals surface area contributed by atoms with Gasteiger partial charge in [0.05, 0.1) is 17.4 Å². The lowest BCUT2D eigenvalue weighted by molar-refractivity contribution is 0.102. The number of carbonyl (C=O) groups excluding carboxylic acids is 1. The highest BCUT2D eigenvalue weighted by molar-refractivity contribution is 6.04. The van der Waals surface area contributed by atoms with Crippen LogP contribution in [0.15, 0.2) is 67.0 Å². The molecule has 5 nitrogen and oxygen atoms in total. The standard InChI is InChI=1S/C24H26N4O/c1-2-18-5-7-20(8-6-18)26-22-15-19(16-25-17-22)24(29)27-21-9-11-23(12-10-21)28-13-3-4-14-28/h5-12,15-17,26H,2-4,13-14H2,1H3,(H,27,29). The molecule has 1 aliphatic rings. The first-order valence-electron chi connectivity index (χ1n) is 10.2. The topological polar surface area (TPSA) is 57.3 Å². The number of benzene rings is 2. The van der Waals surface area contributed by atoms with Crippen molar-refractivity contribution in [2.45, 2.75) is 26.2 Å². The molecule has 1 amide bonds. The summed E-state index contributed by atoms with van der Waals surface area (Å²) in [5.74, 6) is -0.170. The molecular formula is C24H26N4O. The summed E-state index contributed by atoms with van der Waals surface area (Å²) in [6.45, 7) is 4.35. The molecule has 1 saturated heterocycles. The Kier molecular flexibility index (Phi) is 5.75. The second kappa shape index (κ2) is 8.78. The largest absolute Gasteiger partial charge is 0.372 e. The lowest BCUT2D eigenvalue weighted by Gasteiger charge is -2.17. The van der Waals surface area contributed by atoms with Gasteiger partial charge in [0, 0.05) is 36.3 Å². The molecule has 0 atom stereocenters. The van der Waals surface area contributed by atoms with Gasteiger partial charge in [-0.2, -0.15) is 0 Å². The van der Waals surface area contributed by atoms with Crippen molar-refractivity contribution in [1.82, 2.24) is 4.98 Å². The number of aromatic nitrogens is 1. The highest BCUT2D eigenvalue weighted by Gasteiger charge is 2.13. The molecule has 0 unspecified atom stereocenters. The van der Waals surface area contributed by atoms with Crippen molar-refractivity contribution in [1.29, 1.82) is 0 Å². The van der Waals surface area contributed by atoms with Crippen LogP contribution in [0.5, 0.6) is 0 Å². The van der Waals surface area contributed by atoms with Gasteiger partial charge in [-0.1, -0.05) is 19.1 Å². The highest BCUT2D eigenvalue weighted by atomic mass is 16.1. The van der Waals surface area contributed by atoms with E-state index < -0.39 is 0 Å². The quantitative estimate of drug-likeness (QED) is 0.608. The third-order valence-corrected chi connectivity index (χ3v) is 5.25. The van der Waals surface area contributed by atoms with Crippen molar-refractivity contribution < 1.29 is 4.79 Å². The molecule has 4 rings (SSSR count). The number of nitrogens with zero attached hydrogens (tertiary/aromatic N) is 2. The molecular weight excluding hydrogens is 360 g/mol. The number of aryl methyl sites for hydroxylation is 1. The molecule has 3 aromatic rings. The molecule has 2 N–H and O–H groups in total. The zero-order valence-electron chi connectivity index (χ0n) is 16.7. The van der Waals surface area contributed by atoms with Crippen LogP contribution >= 0.6 is 0 Å². The molecule has 1 fully saturated rings. The monoisotopic (exact) mass is 386 g/mol. The van der Waals surface area contributed by atoms with E-state index in [0.717, 1.165) is 36.6 Å². The molecule has 0 radical (unpaired) electrons. The highest BCUT2D eigenvalue weighted by Crippen LogP contribution is 2.23. The molecule has 2 heterocycles. The number of pyridine rings is 1. The number of nitrogens with one attached hydrogen (secondary N) is 2. The minimum Gasteiger partial charge on any atom is -0.372 e. The molecule has 0 spiro atoms. The third-order valence-electron chi connectivity index (χ3n) is 5.25. The Morgan fingerprint density at radius 3 is 2.31 bits per heavy atom. The van der Waals surface area contributed by atoms with E-state index in [-0.39, 0.29) is 5.91 Å². The van der Waals surface area contributed by atoms with Gasteiger partial charge in [0.1, 0.15) is 0 Å². The smallest absolute Gasteiger partial charge is 0.257 e. The predicted molar refractivity (Wildman–Crippen MR) is 119 cm³/mol.